The van der Waals surface area contributed by atoms with Gasteiger partial charge in [-0.05, 0) is 59.7 Å². The number of nitrogens with zero attached hydrogens (tertiary/aromatic N) is 3. The van der Waals surface area contributed by atoms with Crippen LogP contribution < -0.4 is 10.1 Å². The molecule has 214 valence electrons. The number of halogens is 3. The smallest absolute Gasteiger partial charge is 0.416 e. The van der Waals surface area contributed by atoms with E-state index in [1.165, 1.54) is 36.5 Å². The summed E-state index contributed by atoms with van der Waals surface area (Å²) in [4.78, 5) is 27.6. The van der Waals surface area contributed by atoms with Crippen molar-refractivity contribution in [3.8, 4) is 17.6 Å². The van der Waals surface area contributed by atoms with Crippen LogP contribution >= 0.6 is 0 Å². The number of carbonyl (C=O) groups is 1. The molecule has 0 unspecified atom stereocenters. The number of anilines is 2. The van der Waals surface area contributed by atoms with E-state index < -0.39 is 16.7 Å². The third kappa shape index (κ3) is 6.94. The zero-order valence-electron chi connectivity index (χ0n) is 22.3. The molecule has 0 aliphatic rings. The number of nitro groups is 1. The van der Waals surface area contributed by atoms with Gasteiger partial charge in [0.25, 0.3) is 5.69 Å². The van der Waals surface area contributed by atoms with Crippen molar-refractivity contribution in [3.63, 3.8) is 0 Å². The van der Waals surface area contributed by atoms with E-state index in [0.29, 0.717) is 44.9 Å². The number of nitriles is 1. The highest BCUT2D eigenvalue weighted by Crippen LogP contribution is 2.33. The number of nitro benzene ring substituents is 1. The molecule has 0 atom stereocenters. The van der Waals surface area contributed by atoms with Gasteiger partial charge in [-0.1, -0.05) is 30.3 Å². The lowest BCUT2D eigenvalue weighted by Gasteiger charge is -2.12. The Hall–Kier alpha value is -5.76. The number of alkyl halides is 3. The standard InChI is InChI=1S/C32H21F3N4O4/c33-32(34,35)23-5-1-3-20(13-23)14-26(40)15-21-4-2-6-28(16-21)43-27-10-7-24(8-11-27)38-31-22(18-36)19-37-30-12-9-25(39(41)42)17-29(30)31/h1-13,16-17,19H,14-15H2,(H,37,38). The Bertz CT molecular complexity index is 1880. The summed E-state index contributed by atoms with van der Waals surface area (Å²) in [5, 5.41) is 24.4. The monoisotopic (exact) mass is 582 g/mol. The summed E-state index contributed by atoms with van der Waals surface area (Å²) in [5.74, 6) is 0.704. The van der Waals surface area contributed by atoms with Gasteiger partial charge in [0.15, 0.2) is 0 Å². The molecule has 4 aromatic carbocycles. The number of ketones is 1. The first-order valence-electron chi connectivity index (χ1n) is 12.9. The van der Waals surface area contributed by atoms with E-state index in [9.17, 15) is 33.3 Å². The Labute approximate surface area is 243 Å². The number of benzene rings is 4. The van der Waals surface area contributed by atoms with E-state index in [1.807, 2.05) is 0 Å². The van der Waals surface area contributed by atoms with E-state index in [0.717, 1.165) is 12.1 Å². The molecule has 1 aromatic heterocycles. The second-order valence-corrected chi connectivity index (χ2v) is 9.61. The van der Waals surface area contributed by atoms with Crippen LogP contribution in [0.1, 0.15) is 22.3 Å². The van der Waals surface area contributed by atoms with E-state index >= 15 is 0 Å². The molecule has 1 heterocycles. The molecule has 5 rings (SSSR count). The number of carbonyl (C=O) groups excluding carboxylic acids is 1. The van der Waals surface area contributed by atoms with Crippen molar-refractivity contribution >= 4 is 33.7 Å². The number of hydrogen-bond acceptors (Lipinski definition) is 7. The molecule has 5 aromatic rings. The molecule has 0 fully saturated rings. The van der Waals surface area contributed by atoms with Gasteiger partial charge in [-0.25, -0.2) is 0 Å². The fourth-order valence-electron chi connectivity index (χ4n) is 4.49. The summed E-state index contributed by atoms with van der Waals surface area (Å²) in [5.41, 5.74) is 1.70. The Morgan fingerprint density at radius 2 is 1.63 bits per heavy atom. The molecule has 0 saturated carbocycles. The highest BCUT2D eigenvalue weighted by Gasteiger charge is 2.30. The number of rotatable bonds is 9. The molecule has 0 bridgehead atoms. The summed E-state index contributed by atoms with van der Waals surface area (Å²) in [7, 11) is 0. The van der Waals surface area contributed by atoms with Crippen molar-refractivity contribution in [2.45, 2.75) is 19.0 Å². The van der Waals surface area contributed by atoms with Crippen LogP contribution in [0.2, 0.25) is 0 Å². The Morgan fingerprint density at radius 3 is 2.30 bits per heavy atom. The van der Waals surface area contributed by atoms with Gasteiger partial charge in [0, 0.05) is 42.2 Å². The number of Topliss-reactive ketones (excluding diaryl/α,β-unsaturated/α-hetero) is 1. The van der Waals surface area contributed by atoms with E-state index in [2.05, 4.69) is 16.4 Å². The highest BCUT2D eigenvalue weighted by atomic mass is 19.4. The molecule has 0 radical (unpaired) electrons. The van der Waals surface area contributed by atoms with Crippen LogP contribution in [0.15, 0.2) is 97.2 Å². The minimum Gasteiger partial charge on any atom is -0.457 e. The van der Waals surface area contributed by atoms with Gasteiger partial charge in [0.05, 0.1) is 27.3 Å². The third-order valence-electron chi connectivity index (χ3n) is 6.50. The molecular formula is C32H21F3N4O4. The average Bonchev–Trinajstić information content (AvgIpc) is 2.98. The van der Waals surface area contributed by atoms with Crippen molar-refractivity contribution in [1.29, 1.82) is 5.26 Å². The zero-order chi connectivity index (χ0) is 30.6. The summed E-state index contributed by atoms with van der Waals surface area (Å²) in [6, 6.07) is 24.7. The zero-order valence-corrected chi connectivity index (χ0v) is 22.3. The average molecular weight is 583 g/mol. The van der Waals surface area contributed by atoms with Gasteiger partial charge in [-0.15, -0.1) is 0 Å². The Kier molecular flexibility index (Phi) is 8.03. The van der Waals surface area contributed by atoms with Gasteiger partial charge >= 0.3 is 6.18 Å². The maximum Gasteiger partial charge on any atom is 0.416 e. The van der Waals surface area contributed by atoms with E-state index in [4.69, 9.17) is 4.74 Å². The number of nitrogens with one attached hydrogen (secondary N) is 1. The Balaban J connectivity index is 1.27. The summed E-state index contributed by atoms with van der Waals surface area (Å²) in [6.07, 6.45) is -3.19. The minimum absolute atomic E-state index is 0.0234. The number of hydrogen-bond donors (Lipinski definition) is 1. The van der Waals surface area contributed by atoms with Crippen molar-refractivity contribution in [3.05, 3.63) is 130 Å². The van der Waals surface area contributed by atoms with E-state index in [1.54, 1.807) is 48.5 Å². The predicted molar refractivity (Wildman–Crippen MR) is 153 cm³/mol. The molecule has 43 heavy (non-hydrogen) atoms. The molecule has 8 nitrogen and oxygen atoms in total. The summed E-state index contributed by atoms with van der Waals surface area (Å²) < 4.78 is 44.9. The van der Waals surface area contributed by atoms with Crippen LogP contribution in [0.3, 0.4) is 0 Å². The molecule has 0 saturated heterocycles. The van der Waals surface area contributed by atoms with Crippen LogP contribution in [-0.4, -0.2) is 15.7 Å². The van der Waals surface area contributed by atoms with Crippen molar-refractivity contribution < 1.29 is 27.6 Å². The van der Waals surface area contributed by atoms with Gasteiger partial charge in [-0.3, -0.25) is 19.9 Å². The van der Waals surface area contributed by atoms with Gasteiger partial charge in [-0.2, -0.15) is 18.4 Å². The number of fused-ring (bicyclic) bond motifs is 1. The van der Waals surface area contributed by atoms with Gasteiger partial charge in [0.2, 0.25) is 0 Å². The van der Waals surface area contributed by atoms with Crippen molar-refractivity contribution in [2.24, 2.45) is 0 Å². The van der Waals surface area contributed by atoms with Crippen LogP contribution in [0.5, 0.6) is 11.5 Å². The predicted octanol–water partition coefficient (Wildman–Crippen LogP) is 7.92. The summed E-state index contributed by atoms with van der Waals surface area (Å²) >= 11 is 0. The molecule has 1 N–H and O–H groups in total. The normalized spacial score (nSPS) is 11.1. The molecule has 0 aliphatic heterocycles. The lowest BCUT2D eigenvalue weighted by Crippen LogP contribution is -2.09. The van der Waals surface area contributed by atoms with Crippen LogP contribution in [0.4, 0.5) is 30.2 Å². The quantitative estimate of drug-likeness (QED) is 0.139. The van der Waals surface area contributed by atoms with Crippen LogP contribution in [0, 0.1) is 21.4 Å². The second-order valence-electron chi connectivity index (χ2n) is 9.61. The second kappa shape index (κ2) is 12.0. The molecule has 11 heteroatoms. The number of pyridine rings is 1. The topological polar surface area (TPSA) is 118 Å². The van der Waals surface area contributed by atoms with E-state index in [-0.39, 0.29) is 29.9 Å². The Morgan fingerprint density at radius 1 is 0.930 bits per heavy atom. The fourth-order valence-corrected chi connectivity index (χ4v) is 4.49. The first-order chi connectivity index (χ1) is 20.6. The molecule has 0 spiro atoms. The van der Waals surface area contributed by atoms with Crippen molar-refractivity contribution in [1.82, 2.24) is 4.98 Å². The number of ether oxygens (including phenoxy) is 1. The SMILES string of the molecule is N#Cc1cnc2ccc([N+](=O)[O-])cc2c1Nc1ccc(Oc2cccc(CC(=O)Cc3cccc(C(F)(F)F)c3)c2)cc1. The minimum atomic E-state index is -4.48. The molecule has 0 aliphatic carbocycles. The number of non-ortho nitro benzene ring substituents is 1. The largest absolute Gasteiger partial charge is 0.457 e. The first-order valence-corrected chi connectivity index (χ1v) is 12.9. The third-order valence-corrected chi connectivity index (χ3v) is 6.50. The fraction of sp³-hybridized carbons (Fsp3) is 0.0938. The van der Waals surface area contributed by atoms with Crippen LogP contribution in [0.25, 0.3) is 10.9 Å². The molecular weight excluding hydrogens is 561 g/mol. The first kappa shape index (κ1) is 28.8. The maximum atomic E-state index is 13.0. The number of aromatic nitrogens is 1. The molecule has 0 amide bonds. The lowest BCUT2D eigenvalue weighted by atomic mass is 10.0. The highest BCUT2D eigenvalue weighted by molar-refractivity contribution is 5.97. The van der Waals surface area contributed by atoms with Gasteiger partial charge in [0.1, 0.15) is 23.4 Å². The van der Waals surface area contributed by atoms with Gasteiger partial charge < -0.3 is 10.1 Å². The summed E-state index contributed by atoms with van der Waals surface area (Å²) in [6.45, 7) is 0. The van der Waals surface area contributed by atoms with Crippen LogP contribution in [-0.2, 0) is 23.8 Å². The maximum absolute atomic E-state index is 13.0. The van der Waals surface area contributed by atoms with Crippen molar-refractivity contribution in [2.75, 3.05) is 5.32 Å². The lowest BCUT2D eigenvalue weighted by molar-refractivity contribution is -0.384.